The number of hydrogen-bond donors (Lipinski definition) is 0. The first-order valence-corrected chi connectivity index (χ1v) is 11.5. The first kappa shape index (κ1) is 19.1. The molecular formula is C23H29N3O2S. The largest absolute Gasteiger partial charge is 0.497 e. The van der Waals surface area contributed by atoms with Gasteiger partial charge in [-0.05, 0) is 49.4 Å². The standard InChI is InChI=1S/C23H29N3O2S/c1-15(2)19-14-29-21(24-19)20-11-17-13-25(12-16-6-4-7-18(10-16)28-3)22(27)23(17)8-5-9-26(20)23/h4,6-7,10,14-15,17,20H,5,8-9,11-13H2,1-3H3/t17-,20-,23-/m0/s1. The molecule has 3 saturated heterocycles. The third-order valence-electron chi connectivity index (χ3n) is 7.05. The molecule has 1 aromatic carbocycles. The molecule has 29 heavy (non-hydrogen) atoms. The summed E-state index contributed by atoms with van der Waals surface area (Å²) in [6.45, 7) is 6.92. The van der Waals surface area contributed by atoms with Gasteiger partial charge in [-0.1, -0.05) is 26.0 Å². The molecule has 0 saturated carbocycles. The Labute approximate surface area is 176 Å². The summed E-state index contributed by atoms with van der Waals surface area (Å²) in [5, 5.41) is 3.41. The van der Waals surface area contributed by atoms with E-state index in [1.165, 1.54) is 10.7 Å². The molecule has 0 bridgehead atoms. The number of ether oxygens (including phenoxy) is 1. The Hall–Kier alpha value is -1.92. The molecule has 6 heteroatoms. The van der Waals surface area contributed by atoms with Crippen molar-refractivity contribution in [2.24, 2.45) is 5.92 Å². The fraction of sp³-hybridized carbons (Fsp3) is 0.565. The van der Waals surface area contributed by atoms with Gasteiger partial charge < -0.3 is 9.64 Å². The van der Waals surface area contributed by atoms with E-state index < -0.39 is 0 Å². The number of methoxy groups -OCH3 is 1. The van der Waals surface area contributed by atoms with Crippen LogP contribution in [0.25, 0.3) is 0 Å². The zero-order valence-corrected chi connectivity index (χ0v) is 18.2. The Bertz CT molecular complexity index is 926. The monoisotopic (exact) mass is 411 g/mol. The summed E-state index contributed by atoms with van der Waals surface area (Å²) in [4.78, 5) is 23.2. The van der Waals surface area contributed by atoms with Gasteiger partial charge in [-0.3, -0.25) is 9.69 Å². The van der Waals surface area contributed by atoms with Crippen LogP contribution < -0.4 is 4.74 Å². The molecular weight excluding hydrogens is 382 g/mol. The highest BCUT2D eigenvalue weighted by Crippen LogP contribution is 2.56. The molecule has 5 rings (SSSR count). The van der Waals surface area contributed by atoms with E-state index >= 15 is 0 Å². The van der Waals surface area contributed by atoms with E-state index in [1.807, 2.05) is 18.2 Å². The van der Waals surface area contributed by atoms with E-state index in [0.29, 0.717) is 30.3 Å². The number of thiazole rings is 1. The number of carbonyl (C=O) groups excluding carboxylic acids is 1. The second kappa shape index (κ2) is 7.10. The molecule has 4 heterocycles. The van der Waals surface area contributed by atoms with Crippen molar-refractivity contribution in [2.45, 2.75) is 57.2 Å². The summed E-state index contributed by atoms with van der Waals surface area (Å²) in [6, 6.07) is 8.38. The lowest BCUT2D eigenvalue weighted by molar-refractivity contribution is -0.137. The van der Waals surface area contributed by atoms with Gasteiger partial charge in [-0.25, -0.2) is 4.98 Å². The van der Waals surface area contributed by atoms with Crippen LogP contribution in [0.1, 0.15) is 61.3 Å². The van der Waals surface area contributed by atoms with Gasteiger partial charge in [-0.2, -0.15) is 0 Å². The summed E-state index contributed by atoms with van der Waals surface area (Å²) in [6.07, 6.45) is 3.14. The molecule has 0 aliphatic carbocycles. The minimum absolute atomic E-state index is 0.298. The Kier molecular flexibility index (Phi) is 4.67. The van der Waals surface area contributed by atoms with Gasteiger partial charge >= 0.3 is 0 Å². The molecule has 5 nitrogen and oxygen atoms in total. The van der Waals surface area contributed by atoms with E-state index in [4.69, 9.17) is 9.72 Å². The molecule has 1 aromatic heterocycles. The number of carbonyl (C=O) groups is 1. The topological polar surface area (TPSA) is 45.7 Å². The molecule has 154 valence electrons. The average molecular weight is 412 g/mol. The van der Waals surface area contributed by atoms with Crippen LogP contribution in [-0.2, 0) is 11.3 Å². The lowest BCUT2D eigenvalue weighted by Gasteiger charge is -2.32. The first-order chi connectivity index (χ1) is 14.0. The van der Waals surface area contributed by atoms with Crippen molar-refractivity contribution in [3.05, 3.63) is 45.9 Å². The average Bonchev–Trinajstić information content (AvgIpc) is 3.46. The first-order valence-electron chi connectivity index (χ1n) is 10.7. The van der Waals surface area contributed by atoms with Crippen LogP contribution in [0, 0.1) is 5.92 Å². The fourth-order valence-electron chi connectivity index (χ4n) is 5.66. The number of amides is 1. The molecule has 0 N–H and O–H groups in total. The summed E-state index contributed by atoms with van der Waals surface area (Å²) in [5.41, 5.74) is 2.02. The molecule has 0 radical (unpaired) electrons. The second-order valence-corrected chi connectivity index (χ2v) is 9.86. The van der Waals surface area contributed by atoms with E-state index in [2.05, 4.69) is 35.1 Å². The third-order valence-corrected chi connectivity index (χ3v) is 8.02. The fourth-order valence-corrected chi connectivity index (χ4v) is 6.76. The van der Waals surface area contributed by atoms with Gasteiger partial charge in [0.1, 0.15) is 16.3 Å². The number of nitrogens with zero attached hydrogens (tertiary/aromatic N) is 3. The zero-order valence-electron chi connectivity index (χ0n) is 17.4. The third kappa shape index (κ3) is 2.91. The number of rotatable bonds is 5. The Morgan fingerprint density at radius 3 is 3.00 bits per heavy atom. The summed E-state index contributed by atoms with van der Waals surface area (Å²) in [7, 11) is 1.68. The number of likely N-dealkylation sites (tertiary alicyclic amines) is 1. The minimum Gasteiger partial charge on any atom is -0.497 e. The maximum atomic E-state index is 13.7. The van der Waals surface area contributed by atoms with Gasteiger partial charge in [0, 0.05) is 24.4 Å². The van der Waals surface area contributed by atoms with E-state index in [9.17, 15) is 4.79 Å². The van der Waals surface area contributed by atoms with Crippen molar-refractivity contribution in [3.63, 3.8) is 0 Å². The van der Waals surface area contributed by atoms with Crippen molar-refractivity contribution < 1.29 is 9.53 Å². The smallest absolute Gasteiger partial charge is 0.243 e. The molecule has 3 fully saturated rings. The predicted molar refractivity (Wildman–Crippen MR) is 114 cm³/mol. The molecule has 3 aliphatic rings. The van der Waals surface area contributed by atoms with Crippen molar-refractivity contribution in [1.82, 2.24) is 14.8 Å². The minimum atomic E-state index is -0.298. The SMILES string of the molecule is COc1cccc(CN2C[C@@H]3C[C@@H](c4nc(C(C)C)cs4)N4CCC[C@@]34C2=O)c1. The van der Waals surface area contributed by atoms with Gasteiger partial charge in [0.05, 0.1) is 18.8 Å². The molecule has 3 atom stereocenters. The highest BCUT2D eigenvalue weighted by Gasteiger charge is 2.65. The summed E-state index contributed by atoms with van der Waals surface area (Å²) < 4.78 is 5.35. The normalized spacial score (nSPS) is 29.0. The van der Waals surface area contributed by atoms with Gasteiger partial charge in [0.25, 0.3) is 0 Å². The Morgan fingerprint density at radius 1 is 1.38 bits per heavy atom. The second-order valence-electron chi connectivity index (χ2n) is 8.97. The number of benzene rings is 1. The number of aromatic nitrogens is 1. The Balaban J connectivity index is 1.39. The van der Waals surface area contributed by atoms with Crippen LogP contribution in [0.3, 0.4) is 0 Å². The summed E-state index contributed by atoms with van der Waals surface area (Å²) in [5.74, 6) is 2.03. The summed E-state index contributed by atoms with van der Waals surface area (Å²) >= 11 is 1.78. The van der Waals surface area contributed by atoms with Crippen molar-refractivity contribution in [2.75, 3.05) is 20.2 Å². The molecule has 1 amide bonds. The maximum absolute atomic E-state index is 13.7. The lowest BCUT2D eigenvalue weighted by atomic mass is 9.86. The molecule has 2 aromatic rings. The van der Waals surface area contributed by atoms with Crippen LogP contribution in [0.4, 0.5) is 0 Å². The van der Waals surface area contributed by atoms with E-state index in [-0.39, 0.29) is 5.54 Å². The van der Waals surface area contributed by atoms with Crippen LogP contribution in [0.5, 0.6) is 5.75 Å². The highest BCUT2D eigenvalue weighted by molar-refractivity contribution is 7.09. The highest BCUT2D eigenvalue weighted by atomic mass is 32.1. The van der Waals surface area contributed by atoms with Crippen LogP contribution >= 0.6 is 11.3 Å². The van der Waals surface area contributed by atoms with Crippen LogP contribution in [0.15, 0.2) is 29.6 Å². The van der Waals surface area contributed by atoms with Gasteiger partial charge in [0.15, 0.2) is 0 Å². The van der Waals surface area contributed by atoms with E-state index in [0.717, 1.165) is 43.7 Å². The van der Waals surface area contributed by atoms with Crippen molar-refractivity contribution >= 4 is 17.2 Å². The van der Waals surface area contributed by atoms with Gasteiger partial charge in [-0.15, -0.1) is 11.3 Å². The maximum Gasteiger partial charge on any atom is 0.243 e. The zero-order chi connectivity index (χ0) is 20.2. The van der Waals surface area contributed by atoms with Crippen LogP contribution in [-0.4, -0.2) is 46.4 Å². The van der Waals surface area contributed by atoms with E-state index in [1.54, 1.807) is 18.4 Å². The van der Waals surface area contributed by atoms with Crippen LogP contribution in [0.2, 0.25) is 0 Å². The Morgan fingerprint density at radius 2 is 2.24 bits per heavy atom. The van der Waals surface area contributed by atoms with Crippen molar-refractivity contribution in [3.8, 4) is 5.75 Å². The van der Waals surface area contributed by atoms with Crippen molar-refractivity contribution in [1.29, 1.82) is 0 Å². The lowest BCUT2D eigenvalue weighted by Crippen LogP contribution is -2.49. The molecule has 0 unspecified atom stereocenters. The van der Waals surface area contributed by atoms with Gasteiger partial charge in [0.2, 0.25) is 5.91 Å². The molecule has 3 aliphatic heterocycles. The molecule has 1 spiro atoms. The number of hydrogen-bond acceptors (Lipinski definition) is 5. The predicted octanol–water partition coefficient (Wildman–Crippen LogP) is 4.21. The quantitative estimate of drug-likeness (QED) is 0.739.